The van der Waals surface area contributed by atoms with Crippen LogP contribution >= 0.6 is 11.8 Å². The summed E-state index contributed by atoms with van der Waals surface area (Å²) in [6.07, 6.45) is 3.57. The van der Waals surface area contributed by atoms with Crippen molar-refractivity contribution in [2.75, 3.05) is 19.6 Å². The third-order valence-corrected chi connectivity index (χ3v) is 5.78. The maximum atomic E-state index is 12.7. The molecule has 1 aromatic rings. The Labute approximate surface area is 169 Å². The number of rotatable bonds is 5. The first-order valence-corrected chi connectivity index (χ1v) is 10.5. The Morgan fingerprint density at radius 1 is 1.25 bits per heavy atom. The number of nitrogens with zero attached hydrogens (tertiary/aromatic N) is 2. The molecule has 0 unspecified atom stereocenters. The number of thioether (sulfide) groups is 1. The highest BCUT2D eigenvalue weighted by molar-refractivity contribution is 8.18. The summed E-state index contributed by atoms with van der Waals surface area (Å²) in [5, 5.41) is -0.405. The fraction of sp³-hybridized carbons (Fsp3) is 0.476. The van der Waals surface area contributed by atoms with Crippen molar-refractivity contribution in [2.24, 2.45) is 5.92 Å². The number of hydrogen-bond donors (Lipinski definition) is 0. The molecule has 2 heterocycles. The molecular formula is C21H26N2O4S. The summed E-state index contributed by atoms with van der Waals surface area (Å²) in [6, 6.07) is 7.38. The molecule has 0 spiro atoms. The van der Waals surface area contributed by atoms with Crippen LogP contribution in [0.25, 0.3) is 6.08 Å². The number of benzene rings is 1. The van der Waals surface area contributed by atoms with Crippen LogP contribution in [0.15, 0.2) is 29.2 Å². The highest BCUT2D eigenvalue weighted by atomic mass is 32.2. The highest BCUT2D eigenvalue weighted by Crippen LogP contribution is 2.34. The van der Waals surface area contributed by atoms with Crippen molar-refractivity contribution in [2.45, 2.75) is 39.7 Å². The molecule has 150 valence electrons. The number of carbonyl (C=O) groups excluding carboxylic acids is 3. The van der Waals surface area contributed by atoms with Gasteiger partial charge in [-0.05, 0) is 56.5 Å². The van der Waals surface area contributed by atoms with Crippen LogP contribution in [0.1, 0.15) is 39.2 Å². The van der Waals surface area contributed by atoms with Crippen LogP contribution in [0, 0.1) is 5.92 Å². The predicted molar refractivity (Wildman–Crippen MR) is 110 cm³/mol. The van der Waals surface area contributed by atoms with Crippen molar-refractivity contribution in [1.82, 2.24) is 9.80 Å². The van der Waals surface area contributed by atoms with Crippen LogP contribution < -0.4 is 4.74 Å². The average molecular weight is 403 g/mol. The molecule has 0 N–H and O–H groups in total. The maximum Gasteiger partial charge on any atom is 0.294 e. The molecule has 1 aromatic carbocycles. The molecule has 0 atom stereocenters. The summed E-state index contributed by atoms with van der Waals surface area (Å²) >= 11 is 0.865. The van der Waals surface area contributed by atoms with Gasteiger partial charge in [0.1, 0.15) is 12.3 Å². The van der Waals surface area contributed by atoms with Gasteiger partial charge in [-0.3, -0.25) is 19.3 Å². The van der Waals surface area contributed by atoms with Gasteiger partial charge >= 0.3 is 0 Å². The van der Waals surface area contributed by atoms with E-state index in [9.17, 15) is 14.4 Å². The molecule has 0 saturated carbocycles. The van der Waals surface area contributed by atoms with E-state index in [-0.39, 0.29) is 18.6 Å². The zero-order valence-electron chi connectivity index (χ0n) is 16.5. The third-order valence-electron chi connectivity index (χ3n) is 4.87. The lowest BCUT2D eigenvalue weighted by molar-refractivity contribution is -0.136. The quantitative estimate of drug-likeness (QED) is 0.702. The zero-order chi connectivity index (χ0) is 20.3. The van der Waals surface area contributed by atoms with Crippen LogP contribution in [-0.4, -0.2) is 52.6 Å². The van der Waals surface area contributed by atoms with Gasteiger partial charge in [0.25, 0.3) is 11.1 Å². The maximum absolute atomic E-state index is 12.7. The van der Waals surface area contributed by atoms with Gasteiger partial charge in [0.15, 0.2) is 0 Å². The van der Waals surface area contributed by atoms with Gasteiger partial charge in [0.05, 0.1) is 11.0 Å². The number of hydrogen-bond acceptors (Lipinski definition) is 5. The fourth-order valence-corrected chi connectivity index (χ4v) is 4.06. The lowest BCUT2D eigenvalue weighted by Crippen LogP contribution is -2.45. The summed E-state index contributed by atoms with van der Waals surface area (Å²) in [4.78, 5) is 40.7. The molecule has 28 heavy (non-hydrogen) atoms. The number of imide groups is 1. The topological polar surface area (TPSA) is 66.9 Å². The second-order valence-corrected chi connectivity index (χ2v) is 8.53. The van der Waals surface area contributed by atoms with E-state index in [1.807, 2.05) is 38.1 Å². The first-order valence-electron chi connectivity index (χ1n) is 9.64. The SMILES string of the molecule is CC1CCN(C(=O)CN2C(=O)S/C(=C\c3ccccc3OC(C)C)C2=O)CC1. The number of likely N-dealkylation sites (tertiary alicyclic amines) is 1. The molecule has 7 heteroatoms. The minimum atomic E-state index is -0.423. The molecule has 0 aromatic heterocycles. The van der Waals surface area contributed by atoms with E-state index in [0.29, 0.717) is 29.7 Å². The average Bonchev–Trinajstić information content (AvgIpc) is 2.91. The smallest absolute Gasteiger partial charge is 0.294 e. The lowest BCUT2D eigenvalue weighted by Gasteiger charge is -2.31. The van der Waals surface area contributed by atoms with Gasteiger partial charge in [-0.15, -0.1) is 0 Å². The molecule has 2 saturated heterocycles. The monoisotopic (exact) mass is 402 g/mol. The molecule has 0 radical (unpaired) electrons. The standard InChI is InChI=1S/C21H26N2O4S/c1-14(2)27-17-7-5-4-6-16(17)12-18-20(25)23(21(26)28-18)13-19(24)22-10-8-15(3)9-11-22/h4-7,12,14-15H,8-11,13H2,1-3H3/b18-12-. The minimum absolute atomic E-state index is 0.00510. The van der Waals surface area contributed by atoms with Crippen molar-refractivity contribution >= 4 is 34.9 Å². The van der Waals surface area contributed by atoms with Gasteiger partial charge in [-0.25, -0.2) is 0 Å². The Kier molecular flexibility index (Phi) is 6.44. The molecule has 6 nitrogen and oxygen atoms in total. The van der Waals surface area contributed by atoms with E-state index < -0.39 is 11.1 Å². The van der Waals surface area contributed by atoms with Gasteiger partial charge in [-0.1, -0.05) is 25.1 Å². The Hall–Kier alpha value is -2.28. The molecule has 2 aliphatic heterocycles. The Morgan fingerprint density at radius 2 is 1.93 bits per heavy atom. The van der Waals surface area contributed by atoms with Gasteiger partial charge in [-0.2, -0.15) is 0 Å². The van der Waals surface area contributed by atoms with Gasteiger partial charge in [0.2, 0.25) is 5.91 Å². The van der Waals surface area contributed by atoms with E-state index >= 15 is 0 Å². The largest absolute Gasteiger partial charge is 0.490 e. The molecule has 2 fully saturated rings. The van der Waals surface area contributed by atoms with Crippen LogP contribution in [0.3, 0.4) is 0 Å². The van der Waals surface area contributed by atoms with Crippen LogP contribution in [-0.2, 0) is 9.59 Å². The second-order valence-electron chi connectivity index (χ2n) is 7.54. The second kappa shape index (κ2) is 8.82. The lowest BCUT2D eigenvalue weighted by atomic mass is 9.99. The minimum Gasteiger partial charge on any atom is -0.490 e. The summed E-state index contributed by atoms with van der Waals surface area (Å²) in [6.45, 7) is 7.21. The molecular weight excluding hydrogens is 376 g/mol. The van der Waals surface area contributed by atoms with Crippen LogP contribution in [0.5, 0.6) is 5.75 Å². The number of carbonyl (C=O) groups is 3. The van der Waals surface area contributed by atoms with E-state index in [2.05, 4.69) is 6.92 Å². The molecule has 0 aliphatic carbocycles. The van der Waals surface area contributed by atoms with E-state index in [0.717, 1.165) is 35.1 Å². The molecule has 3 rings (SSSR count). The Balaban J connectivity index is 1.71. The summed E-state index contributed by atoms with van der Waals surface area (Å²) < 4.78 is 5.77. The molecule has 0 bridgehead atoms. The van der Waals surface area contributed by atoms with E-state index in [1.165, 1.54) is 0 Å². The molecule has 2 aliphatic rings. The van der Waals surface area contributed by atoms with Crippen molar-refractivity contribution < 1.29 is 19.1 Å². The van der Waals surface area contributed by atoms with Gasteiger partial charge < -0.3 is 9.64 Å². The van der Waals surface area contributed by atoms with Gasteiger partial charge in [0, 0.05) is 18.7 Å². The third kappa shape index (κ3) is 4.76. The predicted octanol–water partition coefficient (Wildman–Crippen LogP) is 3.77. The number of amides is 3. The van der Waals surface area contributed by atoms with Crippen molar-refractivity contribution in [3.8, 4) is 5.75 Å². The first kappa shape index (κ1) is 20.5. The van der Waals surface area contributed by atoms with E-state index in [1.54, 1.807) is 11.0 Å². The van der Waals surface area contributed by atoms with Crippen LogP contribution in [0.4, 0.5) is 4.79 Å². The first-order chi connectivity index (χ1) is 13.3. The highest BCUT2D eigenvalue weighted by Gasteiger charge is 2.37. The van der Waals surface area contributed by atoms with Crippen molar-refractivity contribution in [1.29, 1.82) is 0 Å². The van der Waals surface area contributed by atoms with Crippen molar-refractivity contribution in [3.05, 3.63) is 34.7 Å². The number of piperidine rings is 1. The summed E-state index contributed by atoms with van der Waals surface area (Å²) in [5.41, 5.74) is 0.734. The Morgan fingerprint density at radius 3 is 2.61 bits per heavy atom. The molecule has 3 amide bonds. The summed E-state index contributed by atoms with van der Waals surface area (Å²) in [5.74, 6) is 0.673. The summed E-state index contributed by atoms with van der Waals surface area (Å²) in [7, 11) is 0. The number of ether oxygens (including phenoxy) is 1. The van der Waals surface area contributed by atoms with Crippen LogP contribution in [0.2, 0.25) is 0 Å². The zero-order valence-corrected chi connectivity index (χ0v) is 17.3. The normalized spacial score (nSPS) is 19.8. The fourth-order valence-electron chi connectivity index (χ4n) is 3.23. The Bertz CT molecular complexity index is 797. The van der Waals surface area contributed by atoms with E-state index in [4.69, 9.17) is 4.74 Å². The van der Waals surface area contributed by atoms with Crippen molar-refractivity contribution in [3.63, 3.8) is 0 Å². The number of para-hydroxylation sites is 1.